The van der Waals surface area contributed by atoms with E-state index in [4.69, 9.17) is 4.74 Å². The number of hydrogen-bond donors (Lipinski definition) is 2. The van der Waals surface area contributed by atoms with Gasteiger partial charge in [0, 0.05) is 24.3 Å². The van der Waals surface area contributed by atoms with Crippen molar-refractivity contribution < 1.29 is 4.74 Å². The minimum absolute atomic E-state index is 0.249. The fourth-order valence-corrected chi connectivity index (χ4v) is 1.90. The Kier molecular flexibility index (Phi) is 3.46. The maximum Gasteiger partial charge on any atom is 0.322 e. The molecule has 106 valence electrons. The predicted octanol–water partition coefficient (Wildman–Crippen LogP) is 2.21. The van der Waals surface area contributed by atoms with E-state index in [1.165, 1.54) is 7.11 Å². The van der Waals surface area contributed by atoms with Crippen LogP contribution in [-0.4, -0.2) is 34.1 Å². The van der Waals surface area contributed by atoms with Crippen molar-refractivity contribution in [2.24, 2.45) is 0 Å². The molecule has 0 aliphatic carbocycles. The minimum Gasteiger partial charge on any atom is -0.467 e. The number of anilines is 3. The zero-order valence-electron chi connectivity index (χ0n) is 11.7. The van der Waals surface area contributed by atoms with Crippen LogP contribution in [0.5, 0.6) is 6.01 Å². The van der Waals surface area contributed by atoms with Crippen molar-refractivity contribution in [1.29, 1.82) is 0 Å². The molecule has 1 aromatic carbocycles. The summed E-state index contributed by atoms with van der Waals surface area (Å²) in [5.41, 5.74) is 1.80. The summed E-state index contributed by atoms with van der Waals surface area (Å²) in [6, 6.07) is 9.99. The summed E-state index contributed by atoms with van der Waals surface area (Å²) in [6.07, 6.45) is 1.77. The van der Waals surface area contributed by atoms with Crippen LogP contribution in [0.2, 0.25) is 0 Å². The summed E-state index contributed by atoms with van der Waals surface area (Å²) < 4.78 is 5.05. The van der Waals surface area contributed by atoms with E-state index < -0.39 is 0 Å². The Bertz CT molecular complexity index is 754. The molecule has 0 aliphatic rings. The highest BCUT2D eigenvalue weighted by Crippen LogP contribution is 2.20. The standard InChI is InChI=1S/C14H14N6O/c1-15-12-18-13(20-14(19-12)21-2)17-10-5-6-11-9(8-10)4-3-7-16-11/h3-8H,1-2H3,(H2,15,17,18,19,20). The highest BCUT2D eigenvalue weighted by molar-refractivity contribution is 5.82. The molecule has 0 saturated carbocycles. The van der Waals surface area contributed by atoms with Crippen LogP contribution in [0.1, 0.15) is 0 Å². The number of ether oxygens (including phenoxy) is 1. The van der Waals surface area contributed by atoms with Gasteiger partial charge in [0.25, 0.3) is 0 Å². The van der Waals surface area contributed by atoms with Crippen molar-refractivity contribution >= 4 is 28.5 Å². The third kappa shape index (κ3) is 2.81. The molecule has 3 aromatic rings. The maximum absolute atomic E-state index is 5.05. The zero-order chi connectivity index (χ0) is 14.7. The molecule has 0 radical (unpaired) electrons. The first-order valence-electron chi connectivity index (χ1n) is 6.38. The molecular formula is C14H14N6O. The minimum atomic E-state index is 0.249. The van der Waals surface area contributed by atoms with Crippen LogP contribution in [-0.2, 0) is 0 Å². The number of fused-ring (bicyclic) bond motifs is 1. The molecule has 7 heteroatoms. The van der Waals surface area contributed by atoms with Crippen LogP contribution < -0.4 is 15.4 Å². The highest BCUT2D eigenvalue weighted by Gasteiger charge is 2.06. The third-order valence-corrected chi connectivity index (χ3v) is 2.88. The summed E-state index contributed by atoms with van der Waals surface area (Å²) in [4.78, 5) is 16.7. The van der Waals surface area contributed by atoms with Crippen molar-refractivity contribution in [1.82, 2.24) is 19.9 Å². The van der Waals surface area contributed by atoms with Gasteiger partial charge in [-0.25, -0.2) is 0 Å². The lowest BCUT2D eigenvalue weighted by Crippen LogP contribution is -2.05. The van der Waals surface area contributed by atoms with Crippen molar-refractivity contribution in [3.63, 3.8) is 0 Å². The molecule has 2 heterocycles. The van der Waals surface area contributed by atoms with Gasteiger partial charge in [-0.2, -0.15) is 15.0 Å². The Labute approximate surface area is 121 Å². The second-order valence-corrected chi connectivity index (χ2v) is 4.26. The van der Waals surface area contributed by atoms with Crippen LogP contribution in [0.4, 0.5) is 17.6 Å². The fraction of sp³-hybridized carbons (Fsp3) is 0.143. The normalized spacial score (nSPS) is 10.4. The van der Waals surface area contributed by atoms with Crippen LogP contribution in [0.15, 0.2) is 36.5 Å². The Morgan fingerprint density at radius 1 is 1.05 bits per heavy atom. The van der Waals surface area contributed by atoms with Gasteiger partial charge in [0.1, 0.15) is 0 Å². The van der Waals surface area contributed by atoms with Gasteiger partial charge < -0.3 is 15.4 Å². The molecule has 0 amide bonds. The predicted molar refractivity (Wildman–Crippen MR) is 81.0 cm³/mol. The summed E-state index contributed by atoms with van der Waals surface area (Å²) in [5, 5.41) is 7.04. The molecule has 0 spiro atoms. The fourth-order valence-electron chi connectivity index (χ4n) is 1.90. The van der Waals surface area contributed by atoms with Gasteiger partial charge in [-0.05, 0) is 24.3 Å². The monoisotopic (exact) mass is 282 g/mol. The van der Waals surface area contributed by atoms with Crippen LogP contribution in [0.25, 0.3) is 10.9 Å². The van der Waals surface area contributed by atoms with E-state index >= 15 is 0 Å². The van der Waals surface area contributed by atoms with Gasteiger partial charge in [-0.3, -0.25) is 4.98 Å². The van der Waals surface area contributed by atoms with Gasteiger partial charge in [-0.15, -0.1) is 0 Å². The topological polar surface area (TPSA) is 84.9 Å². The highest BCUT2D eigenvalue weighted by atomic mass is 16.5. The molecule has 0 unspecified atom stereocenters. The first kappa shape index (κ1) is 13.0. The molecule has 3 rings (SSSR count). The second kappa shape index (κ2) is 5.58. The zero-order valence-corrected chi connectivity index (χ0v) is 11.7. The summed E-state index contributed by atoms with van der Waals surface area (Å²) in [7, 11) is 3.25. The Balaban J connectivity index is 1.94. The Morgan fingerprint density at radius 3 is 2.71 bits per heavy atom. The average Bonchev–Trinajstić information content (AvgIpc) is 2.54. The molecule has 2 aromatic heterocycles. The summed E-state index contributed by atoms with van der Waals surface area (Å²) >= 11 is 0. The molecule has 21 heavy (non-hydrogen) atoms. The number of nitrogens with one attached hydrogen (secondary N) is 2. The maximum atomic E-state index is 5.05. The lowest BCUT2D eigenvalue weighted by molar-refractivity contribution is 0.379. The number of aromatic nitrogens is 4. The molecule has 0 aliphatic heterocycles. The molecular weight excluding hydrogens is 268 g/mol. The SMILES string of the molecule is CNc1nc(Nc2ccc3ncccc3c2)nc(OC)n1. The van der Waals surface area contributed by atoms with Gasteiger partial charge in [0.2, 0.25) is 11.9 Å². The number of benzene rings is 1. The van der Waals surface area contributed by atoms with Crippen molar-refractivity contribution in [3.8, 4) is 6.01 Å². The van der Waals surface area contributed by atoms with E-state index in [1.54, 1.807) is 13.2 Å². The number of hydrogen-bond acceptors (Lipinski definition) is 7. The summed E-state index contributed by atoms with van der Waals surface area (Å²) in [6.45, 7) is 0. The number of pyridine rings is 1. The van der Waals surface area contributed by atoms with Crippen molar-refractivity contribution in [2.45, 2.75) is 0 Å². The first-order valence-corrected chi connectivity index (χ1v) is 6.38. The van der Waals surface area contributed by atoms with Crippen LogP contribution >= 0.6 is 0 Å². The van der Waals surface area contributed by atoms with Gasteiger partial charge in [0.05, 0.1) is 12.6 Å². The van der Waals surface area contributed by atoms with Crippen LogP contribution in [0, 0.1) is 0 Å². The van der Waals surface area contributed by atoms with Gasteiger partial charge in [0.15, 0.2) is 0 Å². The average molecular weight is 282 g/mol. The molecule has 7 nitrogen and oxygen atoms in total. The van der Waals surface area contributed by atoms with Gasteiger partial charge >= 0.3 is 6.01 Å². The van der Waals surface area contributed by atoms with Crippen LogP contribution in [0.3, 0.4) is 0 Å². The molecule has 2 N–H and O–H groups in total. The van der Waals surface area contributed by atoms with E-state index in [9.17, 15) is 0 Å². The van der Waals surface area contributed by atoms with E-state index in [1.807, 2.05) is 30.3 Å². The van der Waals surface area contributed by atoms with E-state index in [0.717, 1.165) is 16.6 Å². The smallest absolute Gasteiger partial charge is 0.322 e. The lowest BCUT2D eigenvalue weighted by atomic mass is 10.2. The quantitative estimate of drug-likeness (QED) is 0.758. The van der Waals surface area contributed by atoms with Crippen molar-refractivity contribution in [2.75, 3.05) is 24.8 Å². The van der Waals surface area contributed by atoms with Crippen molar-refractivity contribution in [3.05, 3.63) is 36.5 Å². The number of rotatable bonds is 4. The van der Waals surface area contributed by atoms with E-state index in [2.05, 4.69) is 30.6 Å². The van der Waals surface area contributed by atoms with E-state index in [-0.39, 0.29) is 6.01 Å². The number of nitrogens with zero attached hydrogens (tertiary/aromatic N) is 4. The lowest BCUT2D eigenvalue weighted by Gasteiger charge is -2.08. The Hall–Kier alpha value is -2.96. The van der Waals surface area contributed by atoms with Gasteiger partial charge in [-0.1, -0.05) is 6.07 Å². The molecule has 0 saturated heterocycles. The molecule has 0 atom stereocenters. The third-order valence-electron chi connectivity index (χ3n) is 2.88. The summed E-state index contributed by atoms with van der Waals surface area (Å²) in [5.74, 6) is 0.848. The molecule has 0 fully saturated rings. The largest absolute Gasteiger partial charge is 0.467 e. The second-order valence-electron chi connectivity index (χ2n) is 4.26. The Morgan fingerprint density at radius 2 is 1.90 bits per heavy atom. The molecule has 0 bridgehead atoms. The van der Waals surface area contributed by atoms with E-state index in [0.29, 0.717) is 11.9 Å². The first-order chi connectivity index (χ1) is 10.3. The number of methoxy groups -OCH3 is 1.